The number of benzene rings is 1. The van der Waals surface area contributed by atoms with Crippen molar-refractivity contribution in [2.75, 3.05) is 24.7 Å². The summed E-state index contributed by atoms with van der Waals surface area (Å²) < 4.78 is 5.50. The van der Waals surface area contributed by atoms with Gasteiger partial charge in [-0.25, -0.2) is 0 Å². The molecular weight excluding hydrogens is 488 g/mol. The number of aromatic nitrogens is 1. The van der Waals surface area contributed by atoms with Gasteiger partial charge in [-0.1, -0.05) is 11.6 Å². The van der Waals surface area contributed by atoms with E-state index in [1.54, 1.807) is 6.07 Å². The first-order chi connectivity index (χ1) is 17.8. The zero-order valence-corrected chi connectivity index (χ0v) is 23.3. The fourth-order valence-electron chi connectivity index (χ4n) is 5.94. The Morgan fingerprint density at radius 3 is 2.38 bits per heavy atom. The molecule has 0 bridgehead atoms. The monoisotopic (exact) mass is 528 g/mol. The molecule has 1 aliphatic heterocycles. The van der Waals surface area contributed by atoms with Crippen molar-refractivity contribution in [3.8, 4) is 0 Å². The molecule has 2 heterocycles. The van der Waals surface area contributed by atoms with Crippen LogP contribution in [-0.4, -0.2) is 48.8 Å². The van der Waals surface area contributed by atoms with Gasteiger partial charge in [0.05, 0.1) is 0 Å². The van der Waals surface area contributed by atoms with Crippen LogP contribution in [0.15, 0.2) is 23.0 Å². The summed E-state index contributed by atoms with van der Waals surface area (Å²) in [7, 11) is 0. The maximum absolute atomic E-state index is 13.2. The number of hydrogen-bond donors (Lipinski definition) is 3. The second-order valence-electron chi connectivity index (χ2n) is 10.6. The third-order valence-corrected chi connectivity index (χ3v) is 8.21. The predicted octanol–water partition coefficient (Wildman–Crippen LogP) is 4.79. The van der Waals surface area contributed by atoms with Crippen LogP contribution in [0.5, 0.6) is 0 Å². The van der Waals surface area contributed by atoms with E-state index in [2.05, 4.69) is 27.4 Å². The maximum Gasteiger partial charge on any atom is 0.253 e. The standard InChI is InChI=1S/C29H41ClN4O3/c1-5-34(24-8-6-22(7-9-24)33-23-10-12-37-13-11-23)27-16-21(30)15-25(20(27)4)28(35)31-17-26-18(2)14-19(3)32-29(26)36/h14-16,22-24,33H,5-13,17H2,1-4H3,(H,31,35)(H,32,36)/t22-,24-. The highest BCUT2D eigenvalue weighted by Gasteiger charge is 2.29. The smallest absolute Gasteiger partial charge is 0.253 e. The first-order valence-corrected chi connectivity index (χ1v) is 14.0. The van der Waals surface area contributed by atoms with Crippen LogP contribution in [0.25, 0.3) is 0 Å². The van der Waals surface area contributed by atoms with Crippen LogP contribution in [-0.2, 0) is 11.3 Å². The molecule has 0 atom stereocenters. The van der Waals surface area contributed by atoms with Gasteiger partial charge in [0.1, 0.15) is 0 Å². The van der Waals surface area contributed by atoms with Crippen molar-refractivity contribution >= 4 is 23.2 Å². The van der Waals surface area contributed by atoms with Crippen molar-refractivity contribution in [1.29, 1.82) is 0 Å². The first-order valence-electron chi connectivity index (χ1n) is 13.6. The van der Waals surface area contributed by atoms with Crippen molar-refractivity contribution in [2.45, 2.75) is 90.9 Å². The summed E-state index contributed by atoms with van der Waals surface area (Å²) in [5, 5.41) is 7.35. The number of amides is 1. The average molecular weight is 529 g/mol. The van der Waals surface area contributed by atoms with Crippen LogP contribution in [0.4, 0.5) is 5.69 Å². The molecule has 2 aromatic rings. The van der Waals surface area contributed by atoms with Gasteiger partial charge in [-0.15, -0.1) is 0 Å². The molecule has 1 amide bonds. The maximum atomic E-state index is 13.2. The molecule has 202 valence electrons. The lowest BCUT2D eigenvalue weighted by Gasteiger charge is -2.40. The lowest BCUT2D eigenvalue weighted by Crippen LogP contribution is -2.47. The van der Waals surface area contributed by atoms with Crippen molar-refractivity contribution in [1.82, 2.24) is 15.6 Å². The highest BCUT2D eigenvalue weighted by atomic mass is 35.5. The number of nitrogens with zero attached hydrogens (tertiary/aromatic N) is 1. The van der Waals surface area contributed by atoms with Crippen molar-refractivity contribution in [3.63, 3.8) is 0 Å². The topological polar surface area (TPSA) is 86.5 Å². The number of anilines is 1. The molecule has 8 heteroatoms. The van der Waals surface area contributed by atoms with E-state index in [1.165, 1.54) is 0 Å². The number of rotatable bonds is 8. The molecule has 1 aromatic carbocycles. The van der Waals surface area contributed by atoms with Gasteiger partial charge >= 0.3 is 0 Å². The third kappa shape index (κ3) is 6.75. The average Bonchev–Trinajstić information content (AvgIpc) is 2.87. The van der Waals surface area contributed by atoms with Crippen LogP contribution in [0.2, 0.25) is 5.02 Å². The van der Waals surface area contributed by atoms with Crippen molar-refractivity contribution < 1.29 is 9.53 Å². The number of H-pyrrole nitrogens is 1. The van der Waals surface area contributed by atoms with Crippen LogP contribution in [0.1, 0.15) is 78.2 Å². The van der Waals surface area contributed by atoms with Gasteiger partial charge in [0.15, 0.2) is 0 Å². The van der Waals surface area contributed by atoms with Crippen LogP contribution < -0.4 is 21.1 Å². The number of carbonyl (C=O) groups excluding carboxylic acids is 1. The second kappa shape index (κ2) is 12.5. The molecule has 0 unspecified atom stereocenters. The zero-order chi connectivity index (χ0) is 26.5. The molecule has 4 rings (SSSR count). The SMILES string of the molecule is CCN(c1cc(Cl)cc(C(=O)NCc2c(C)cc(C)[nH]c2=O)c1C)[C@H]1CC[C@H](NC2CCOCC2)CC1. The van der Waals surface area contributed by atoms with E-state index in [-0.39, 0.29) is 18.0 Å². The van der Waals surface area contributed by atoms with E-state index >= 15 is 0 Å². The number of carbonyl (C=O) groups is 1. The van der Waals surface area contributed by atoms with E-state index in [1.807, 2.05) is 32.9 Å². The Morgan fingerprint density at radius 1 is 1.05 bits per heavy atom. The minimum absolute atomic E-state index is 0.166. The predicted molar refractivity (Wildman–Crippen MR) is 150 cm³/mol. The molecule has 1 saturated carbocycles. The molecule has 2 fully saturated rings. The number of hydrogen-bond acceptors (Lipinski definition) is 5. The number of ether oxygens (including phenoxy) is 1. The molecule has 1 saturated heterocycles. The van der Waals surface area contributed by atoms with Crippen molar-refractivity contribution in [3.05, 3.63) is 61.5 Å². The van der Waals surface area contributed by atoms with Crippen LogP contribution in [0, 0.1) is 20.8 Å². The fourth-order valence-corrected chi connectivity index (χ4v) is 6.15. The van der Waals surface area contributed by atoms with Gasteiger partial charge < -0.3 is 25.3 Å². The lowest BCUT2D eigenvalue weighted by molar-refractivity contribution is 0.0729. The van der Waals surface area contributed by atoms with E-state index in [0.717, 1.165) is 80.8 Å². The number of nitrogens with one attached hydrogen (secondary N) is 3. The zero-order valence-electron chi connectivity index (χ0n) is 22.6. The molecular formula is C29H41ClN4O3. The van der Waals surface area contributed by atoms with E-state index in [0.29, 0.717) is 34.3 Å². The molecule has 1 aliphatic carbocycles. The van der Waals surface area contributed by atoms with E-state index < -0.39 is 0 Å². The minimum atomic E-state index is -0.221. The summed E-state index contributed by atoms with van der Waals surface area (Å²) in [5.41, 5.74) is 4.56. The molecule has 0 radical (unpaired) electrons. The highest BCUT2D eigenvalue weighted by molar-refractivity contribution is 6.31. The Balaban J connectivity index is 1.44. The summed E-state index contributed by atoms with van der Waals surface area (Å²) in [5.74, 6) is -0.221. The Morgan fingerprint density at radius 2 is 1.73 bits per heavy atom. The summed E-state index contributed by atoms with van der Waals surface area (Å²) in [6.45, 7) is 10.6. The van der Waals surface area contributed by atoms with E-state index in [4.69, 9.17) is 16.3 Å². The van der Waals surface area contributed by atoms with Crippen LogP contribution >= 0.6 is 11.6 Å². The van der Waals surface area contributed by atoms with Gasteiger partial charge in [0.2, 0.25) is 0 Å². The largest absolute Gasteiger partial charge is 0.381 e. The van der Waals surface area contributed by atoms with Gasteiger partial charge in [0.25, 0.3) is 11.5 Å². The summed E-state index contributed by atoms with van der Waals surface area (Å²) >= 11 is 6.54. The van der Waals surface area contributed by atoms with Gasteiger partial charge in [-0.05, 0) is 95.5 Å². The van der Waals surface area contributed by atoms with Crippen molar-refractivity contribution in [2.24, 2.45) is 0 Å². The molecule has 2 aliphatic rings. The summed E-state index contributed by atoms with van der Waals surface area (Å²) in [6.07, 6.45) is 6.72. The lowest BCUT2D eigenvalue weighted by atomic mass is 9.88. The van der Waals surface area contributed by atoms with E-state index in [9.17, 15) is 9.59 Å². The number of halogens is 1. The van der Waals surface area contributed by atoms with Gasteiger partial charge in [-0.3, -0.25) is 9.59 Å². The Labute approximate surface area is 225 Å². The number of aromatic amines is 1. The molecule has 1 aromatic heterocycles. The Kier molecular flexibility index (Phi) is 9.32. The second-order valence-corrected chi connectivity index (χ2v) is 11.0. The van der Waals surface area contributed by atoms with Gasteiger partial charge in [-0.2, -0.15) is 0 Å². The molecule has 7 nitrogen and oxygen atoms in total. The Hall–Kier alpha value is -2.35. The normalized spacial score (nSPS) is 20.6. The number of pyridine rings is 1. The molecule has 37 heavy (non-hydrogen) atoms. The molecule has 3 N–H and O–H groups in total. The molecule has 0 spiro atoms. The number of aryl methyl sites for hydroxylation is 2. The van der Waals surface area contributed by atoms with Crippen LogP contribution in [0.3, 0.4) is 0 Å². The third-order valence-electron chi connectivity index (χ3n) is 7.99. The summed E-state index contributed by atoms with van der Waals surface area (Å²) in [6, 6.07) is 7.18. The Bertz CT molecular complexity index is 1150. The fraction of sp³-hybridized carbons (Fsp3) is 0.586. The quantitative estimate of drug-likeness (QED) is 0.458. The minimum Gasteiger partial charge on any atom is -0.381 e. The highest BCUT2D eigenvalue weighted by Crippen LogP contribution is 2.33. The van der Waals surface area contributed by atoms with Gasteiger partial charge in [0, 0.05) is 72.0 Å². The first kappa shape index (κ1) is 27.7. The summed E-state index contributed by atoms with van der Waals surface area (Å²) in [4.78, 5) is 30.8.